The summed E-state index contributed by atoms with van der Waals surface area (Å²) in [5.74, 6) is -0.131. The summed E-state index contributed by atoms with van der Waals surface area (Å²) in [6, 6.07) is 12.2. The van der Waals surface area contributed by atoms with Crippen LogP contribution in [0.25, 0.3) is 0 Å². The van der Waals surface area contributed by atoms with Crippen LogP contribution >= 0.6 is 11.3 Å². The number of morpholine rings is 1. The molecule has 2 aromatic rings. The fourth-order valence-electron chi connectivity index (χ4n) is 4.56. The van der Waals surface area contributed by atoms with Crippen LogP contribution < -0.4 is 0 Å². The van der Waals surface area contributed by atoms with Gasteiger partial charge in [-0.2, -0.15) is 5.10 Å². The summed E-state index contributed by atoms with van der Waals surface area (Å²) in [4.78, 5) is 32.1. The fraction of sp³-hybridized carbons (Fsp3) is 0.536. The lowest BCUT2D eigenvalue weighted by Gasteiger charge is -2.32. The van der Waals surface area contributed by atoms with Crippen molar-refractivity contribution in [3.63, 3.8) is 0 Å². The quantitative estimate of drug-likeness (QED) is 0.530. The van der Waals surface area contributed by atoms with Crippen molar-refractivity contribution in [3.05, 3.63) is 57.8 Å². The smallest absolute Gasteiger partial charge is 0.262 e. The second-order valence-electron chi connectivity index (χ2n) is 10.9. The van der Waals surface area contributed by atoms with Gasteiger partial charge in [-0.05, 0) is 29.3 Å². The molecule has 0 bridgehead atoms. The molecule has 1 fully saturated rings. The first-order valence-corrected chi connectivity index (χ1v) is 13.7. The lowest BCUT2D eigenvalue weighted by molar-refractivity contribution is -0.142. The number of hydrogen-bond donors (Lipinski definition) is 0. The highest BCUT2D eigenvalue weighted by Gasteiger charge is 2.35. The number of ether oxygens (including phenoxy) is 1. The number of thiophene rings is 1. The van der Waals surface area contributed by atoms with Gasteiger partial charge >= 0.3 is 0 Å². The number of hydrazone groups is 1. The molecule has 194 valence electrons. The molecular formula is C28H38N4O3S. The van der Waals surface area contributed by atoms with E-state index in [1.165, 1.54) is 5.56 Å². The monoisotopic (exact) mass is 510 g/mol. The highest BCUT2D eigenvalue weighted by molar-refractivity contribution is 7.12. The molecule has 0 spiro atoms. The number of benzene rings is 1. The summed E-state index contributed by atoms with van der Waals surface area (Å²) in [7, 11) is 0. The SMILES string of the molecule is Cc1ccc([C@H]2CC(c3cccs3)=NN2C(=O)CN(CCN2CCOCC2)C(=O)CC(C)(C)C)cc1. The third-order valence-electron chi connectivity index (χ3n) is 6.58. The van der Waals surface area contributed by atoms with Crippen molar-refractivity contribution in [2.45, 2.75) is 46.6 Å². The maximum atomic E-state index is 13.7. The van der Waals surface area contributed by atoms with Crippen LogP contribution in [0, 0.1) is 12.3 Å². The van der Waals surface area contributed by atoms with E-state index in [1.54, 1.807) is 21.2 Å². The molecule has 2 amide bonds. The topological polar surface area (TPSA) is 65.5 Å². The number of amides is 2. The summed E-state index contributed by atoms with van der Waals surface area (Å²) in [6.45, 7) is 12.6. The van der Waals surface area contributed by atoms with E-state index < -0.39 is 0 Å². The molecule has 1 saturated heterocycles. The molecule has 8 heteroatoms. The van der Waals surface area contributed by atoms with Crippen molar-refractivity contribution < 1.29 is 14.3 Å². The highest BCUT2D eigenvalue weighted by Crippen LogP contribution is 2.34. The van der Waals surface area contributed by atoms with Crippen LogP contribution in [0.2, 0.25) is 0 Å². The van der Waals surface area contributed by atoms with Gasteiger partial charge in [0.2, 0.25) is 5.91 Å². The van der Waals surface area contributed by atoms with E-state index in [4.69, 9.17) is 9.84 Å². The Labute approximate surface area is 218 Å². The minimum atomic E-state index is -0.172. The first-order chi connectivity index (χ1) is 17.2. The van der Waals surface area contributed by atoms with Gasteiger partial charge in [0.1, 0.15) is 6.54 Å². The zero-order chi connectivity index (χ0) is 25.7. The van der Waals surface area contributed by atoms with Crippen molar-refractivity contribution in [2.24, 2.45) is 10.5 Å². The molecule has 1 aromatic heterocycles. The third-order valence-corrected chi connectivity index (χ3v) is 7.50. The molecule has 7 nitrogen and oxygen atoms in total. The van der Waals surface area contributed by atoms with Crippen LogP contribution in [-0.2, 0) is 14.3 Å². The highest BCUT2D eigenvalue weighted by atomic mass is 32.1. The second kappa shape index (κ2) is 11.7. The van der Waals surface area contributed by atoms with Crippen LogP contribution in [0.5, 0.6) is 0 Å². The van der Waals surface area contributed by atoms with Gasteiger partial charge < -0.3 is 9.64 Å². The summed E-state index contributed by atoms with van der Waals surface area (Å²) >= 11 is 1.63. The van der Waals surface area contributed by atoms with Crippen LogP contribution in [0.4, 0.5) is 0 Å². The van der Waals surface area contributed by atoms with Gasteiger partial charge in [-0.3, -0.25) is 14.5 Å². The minimum absolute atomic E-state index is 0.0117. The molecule has 0 unspecified atom stereocenters. The van der Waals surface area contributed by atoms with E-state index in [0.717, 1.165) is 35.8 Å². The van der Waals surface area contributed by atoms with Gasteiger partial charge in [-0.1, -0.05) is 56.7 Å². The Morgan fingerprint density at radius 1 is 1.14 bits per heavy atom. The number of hydrogen-bond acceptors (Lipinski definition) is 6. The Morgan fingerprint density at radius 2 is 1.86 bits per heavy atom. The molecule has 0 aliphatic carbocycles. The first-order valence-electron chi connectivity index (χ1n) is 12.8. The molecule has 0 radical (unpaired) electrons. The zero-order valence-electron chi connectivity index (χ0n) is 21.9. The molecule has 0 N–H and O–H groups in total. The molecule has 4 rings (SSSR count). The standard InChI is InChI=1S/C28H38N4O3S/c1-21-7-9-22(10-8-21)24-18-23(25-6-5-17-36-25)29-32(24)27(34)20-31(26(33)19-28(2,3)4)12-11-30-13-15-35-16-14-30/h5-10,17,24H,11-16,18-20H2,1-4H3/t24-/m1/s1. The third kappa shape index (κ3) is 7.02. The molecule has 1 aromatic carbocycles. The molecular weight excluding hydrogens is 472 g/mol. The van der Waals surface area contributed by atoms with E-state index in [1.807, 2.05) is 17.5 Å². The lowest BCUT2D eigenvalue weighted by atomic mass is 9.91. The Morgan fingerprint density at radius 3 is 2.50 bits per heavy atom. The zero-order valence-corrected chi connectivity index (χ0v) is 22.7. The van der Waals surface area contributed by atoms with Gasteiger partial charge in [0, 0.05) is 39.0 Å². The summed E-state index contributed by atoms with van der Waals surface area (Å²) in [5.41, 5.74) is 3.01. The van der Waals surface area contributed by atoms with Crippen molar-refractivity contribution in [1.82, 2.24) is 14.8 Å². The average molecular weight is 511 g/mol. The fourth-order valence-corrected chi connectivity index (χ4v) is 5.28. The van der Waals surface area contributed by atoms with Gasteiger partial charge in [0.25, 0.3) is 5.91 Å². The number of carbonyl (C=O) groups is 2. The van der Waals surface area contributed by atoms with Crippen LogP contribution in [0.3, 0.4) is 0 Å². The number of rotatable bonds is 8. The molecule has 1 atom stereocenters. The van der Waals surface area contributed by atoms with Gasteiger partial charge in [-0.15, -0.1) is 11.3 Å². The summed E-state index contributed by atoms with van der Waals surface area (Å²) in [5, 5.41) is 8.44. The van der Waals surface area contributed by atoms with Crippen LogP contribution in [0.15, 0.2) is 46.9 Å². The summed E-state index contributed by atoms with van der Waals surface area (Å²) < 4.78 is 5.46. The molecule has 0 saturated carbocycles. The Bertz CT molecular complexity index is 1050. The number of nitrogens with zero attached hydrogens (tertiary/aromatic N) is 4. The normalized spacial score (nSPS) is 18.8. The number of aryl methyl sites for hydroxylation is 1. The molecule has 36 heavy (non-hydrogen) atoms. The minimum Gasteiger partial charge on any atom is -0.379 e. The van der Waals surface area contributed by atoms with Crippen molar-refractivity contribution >= 4 is 28.9 Å². The van der Waals surface area contributed by atoms with Gasteiger partial charge in [-0.25, -0.2) is 5.01 Å². The molecule has 2 aliphatic heterocycles. The van der Waals surface area contributed by atoms with Crippen LogP contribution in [0.1, 0.15) is 55.7 Å². The second-order valence-corrected chi connectivity index (χ2v) is 11.8. The van der Waals surface area contributed by atoms with E-state index in [9.17, 15) is 9.59 Å². The Hall–Kier alpha value is -2.55. The van der Waals surface area contributed by atoms with Crippen molar-refractivity contribution in [2.75, 3.05) is 45.9 Å². The maximum Gasteiger partial charge on any atom is 0.262 e. The van der Waals surface area contributed by atoms with Crippen molar-refractivity contribution in [1.29, 1.82) is 0 Å². The maximum absolute atomic E-state index is 13.7. The van der Waals surface area contributed by atoms with Gasteiger partial charge in [0.05, 0.1) is 29.8 Å². The number of carbonyl (C=O) groups excluding carboxylic acids is 2. The van der Waals surface area contributed by atoms with E-state index >= 15 is 0 Å². The Balaban J connectivity index is 1.53. The lowest BCUT2D eigenvalue weighted by Crippen LogP contribution is -2.47. The molecule has 3 heterocycles. The predicted molar refractivity (Wildman–Crippen MR) is 144 cm³/mol. The van der Waals surface area contributed by atoms with E-state index in [-0.39, 0.29) is 29.8 Å². The first kappa shape index (κ1) is 26.5. The largest absolute Gasteiger partial charge is 0.379 e. The predicted octanol–water partition coefficient (Wildman–Crippen LogP) is 4.33. The summed E-state index contributed by atoms with van der Waals surface area (Å²) in [6.07, 6.45) is 1.06. The van der Waals surface area contributed by atoms with Crippen molar-refractivity contribution in [3.8, 4) is 0 Å². The van der Waals surface area contributed by atoms with E-state index in [0.29, 0.717) is 32.6 Å². The van der Waals surface area contributed by atoms with Gasteiger partial charge in [0.15, 0.2) is 0 Å². The van der Waals surface area contributed by atoms with Crippen LogP contribution in [-0.4, -0.2) is 78.3 Å². The Kier molecular flexibility index (Phi) is 8.59. The molecule has 2 aliphatic rings. The van der Waals surface area contributed by atoms with E-state index in [2.05, 4.69) is 56.9 Å². The average Bonchev–Trinajstić information content (AvgIpc) is 3.52.